The summed E-state index contributed by atoms with van der Waals surface area (Å²) in [6.07, 6.45) is 0. The van der Waals surface area contributed by atoms with Gasteiger partial charge >= 0.3 is 5.97 Å². The van der Waals surface area contributed by atoms with Crippen molar-refractivity contribution in [3.05, 3.63) is 77.4 Å². The van der Waals surface area contributed by atoms with Gasteiger partial charge in [-0.15, -0.1) is 0 Å². The Balaban J connectivity index is 1.77. The largest absolute Gasteiger partial charge is 0.489 e. The molecule has 0 heterocycles. The van der Waals surface area contributed by atoms with E-state index in [1.54, 1.807) is 6.07 Å². The lowest BCUT2D eigenvalue weighted by Crippen LogP contribution is -2.00. The van der Waals surface area contributed by atoms with Gasteiger partial charge in [0.1, 0.15) is 12.4 Å². The van der Waals surface area contributed by atoms with Crippen molar-refractivity contribution in [1.29, 1.82) is 0 Å². The van der Waals surface area contributed by atoms with Gasteiger partial charge < -0.3 is 9.47 Å². The van der Waals surface area contributed by atoms with Gasteiger partial charge in [-0.3, -0.25) is 0 Å². The number of carbonyl (C=O) groups excluding carboxylic acids is 1. The molecule has 0 fully saturated rings. The third kappa shape index (κ3) is 3.51. The van der Waals surface area contributed by atoms with Crippen LogP contribution in [-0.4, -0.2) is 13.1 Å². The van der Waals surface area contributed by atoms with E-state index in [-0.39, 0.29) is 5.97 Å². The van der Waals surface area contributed by atoms with Crippen LogP contribution in [0.25, 0.3) is 10.8 Å². The molecule has 0 radical (unpaired) electrons. The molecule has 0 saturated carbocycles. The summed E-state index contributed by atoms with van der Waals surface area (Å²) < 4.78 is 10.6. The first kappa shape index (κ1) is 15.1. The SMILES string of the molecule is COC(=O)c1ccc2cc(OCc3ccc(C)cc3)ccc2c1. The second-order valence-corrected chi connectivity index (χ2v) is 5.49. The lowest BCUT2D eigenvalue weighted by Gasteiger charge is -2.08. The Labute approximate surface area is 135 Å². The number of esters is 1. The van der Waals surface area contributed by atoms with Crippen LogP contribution in [0.1, 0.15) is 21.5 Å². The number of fused-ring (bicyclic) bond motifs is 1. The van der Waals surface area contributed by atoms with Gasteiger partial charge in [-0.1, -0.05) is 42.0 Å². The van der Waals surface area contributed by atoms with Crippen molar-refractivity contribution in [1.82, 2.24) is 0 Å². The lowest BCUT2D eigenvalue weighted by molar-refractivity contribution is 0.0601. The molecule has 0 spiro atoms. The van der Waals surface area contributed by atoms with Crippen molar-refractivity contribution < 1.29 is 14.3 Å². The van der Waals surface area contributed by atoms with E-state index in [0.29, 0.717) is 12.2 Å². The summed E-state index contributed by atoms with van der Waals surface area (Å²) in [5.41, 5.74) is 2.92. The summed E-state index contributed by atoms with van der Waals surface area (Å²) in [6, 6.07) is 19.6. The normalized spacial score (nSPS) is 10.5. The molecule has 3 rings (SSSR count). The molecule has 0 aliphatic rings. The van der Waals surface area contributed by atoms with E-state index in [1.165, 1.54) is 12.7 Å². The standard InChI is InChI=1S/C20H18O3/c1-14-3-5-15(6-4-14)13-23-19-10-9-16-11-18(20(21)22-2)8-7-17(16)12-19/h3-12H,13H2,1-2H3. The quantitative estimate of drug-likeness (QED) is 0.665. The van der Waals surface area contributed by atoms with Crippen LogP contribution in [0, 0.1) is 6.92 Å². The maximum absolute atomic E-state index is 11.6. The third-order valence-electron chi connectivity index (χ3n) is 3.76. The van der Waals surface area contributed by atoms with Gasteiger partial charge in [-0.2, -0.15) is 0 Å². The first-order valence-corrected chi connectivity index (χ1v) is 7.46. The van der Waals surface area contributed by atoms with Gasteiger partial charge in [-0.05, 0) is 47.5 Å². The van der Waals surface area contributed by atoms with E-state index in [4.69, 9.17) is 9.47 Å². The van der Waals surface area contributed by atoms with Crippen LogP contribution in [-0.2, 0) is 11.3 Å². The molecule has 0 unspecified atom stereocenters. The van der Waals surface area contributed by atoms with Gasteiger partial charge in [-0.25, -0.2) is 4.79 Å². The Morgan fingerprint density at radius 3 is 2.35 bits per heavy atom. The summed E-state index contributed by atoms with van der Waals surface area (Å²) in [5.74, 6) is 0.482. The Kier molecular flexibility index (Phi) is 4.29. The highest BCUT2D eigenvalue weighted by molar-refractivity contribution is 5.95. The number of carbonyl (C=O) groups is 1. The number of methoxy groups -OCH3 is 1. The predicted octanol–water partition coefficient (Wildman–Crippen LogP) is 4.51. The molecular formula is C20H18O3. The molecule has 3 heteroatoms. The van der Waals surface area contributed by atoms with E-state index >= 15 is 0 Å². The van der Waals surface area contributed by atoms with Crippen molar-refractivity contribution in [3.63, 3.8) is 0 Å². The molecule has 0 amide bonds. The van der Waals surface area contributed by atoms with Crippen LogP contribution in [0.15, 0.2) is 60.7 Å². The second-order valence-electron chi connectivity index (χ2n) is 5.49. The van der Waals surface area contributed by atoms with E-state index < -0.39 is 0 Å². The summed E-state index contributed by atoms with van der Waals surface area (Å²) in [6.45, 7) is 2.60. The Morgan fingerprint density at radius 2 is 1.61 bits per heavy atom. The van der Waals surface area contributed by atoms with Crippen LogP contribution in [0.5, 0.6) is 5.75 Å². The zero-order chi connectivity index (χ0) is 16.2. The highest BCUT2D eigenvalue weighted by Gasteiger charge is 2.06. The van der Waals surface area contributed by atoms with Gasteiger partial charge in [0, 0.05) is 0 Å². The number of hydrogen-bond acceptors (Lipinski definition) is 3. The number of rotatable bonds is 4. The molecule has 0 saturated heterocycles. The molecule has 0 bridgehead atoms. The minimum absolute atomic E-state index is 0.327. The summed E-state index contributed by atoms with van der Waals surface area (Å²) in [4.78, 5) is 11.6. The minimum atomic E-state index is -0.327. The Hall–Kier alpha value is -2.81. The fourth-order valence-corrected chi connectivity index (χ4v) is 2.41. The Bertz CT molecular complexity index is 835. The average Bonchev–Trinajstić information content (AvgIpc) is 2.60. The number of ether oxygens (including phenoxy) is 2. The molecule has 0 aromatic heterocycles. The third-order valence-corrected chi connectivity index (χ3v) is 3.76. The van der Waals surface area contributed by atoms with E-state index in [9.17, 15) is 4.79 Å². The second kappa shape index (κ2) is 6.53. The van der Waals surface area contributed by atoms with Crippen molar-refractivity contribution in [2.75, 3.05) is 7.11 Å². The molecule has 23 heavy (non-hydrogen) atoms. The number of benzene rings is 3. The molecule has 0 atom stereocenters. The topological polar surface area (TPSA) is 35.5 Å². The fraction of sp³-hybridized carbons (Fsp3) is 0.150. The highest BCUT2D eigenvalue weighted by Crippen LogP contribution is 2.23. The Morgan fingerprint density at radius 1 is 0.913 bits per heavy atom. The van der Waals surface area contributed by atoms with Gasteiger partial charge in [0.2, 0.25) is 0 Å². The van der Waals surface area contributed by atoms with Gasteiger partial charge in [0.25, 0.3) is 0 Å². The first-order chi connectivity index (χ1) is 11.2. The van der Waals surface area contributed by atoms with Crippen LogP contribution >= 0.6 is 0 Å². The maximum atomic E-state index is 11.6. The molecule has 3 aromatic carbocycles. The maximum Gasteiger partial charge on any atom is 0.337 e. The molecule has 0 aliphatic heterocycles. The van der Waals surface area contributed by atoms with E-state index in [2.05, 4.69) is 31.2 Å². The van der Waals surface area contributed by atoms with Gasteiger partial charge in [0.05, 0.1) is 12.7 Å². The minimum Gasteiger partial charge on any atom is -0.489 e. The van der Waals surface area contributed by atoms with Crippen LogP contribution in [0.3, 0.4) is 0 Å². The summed E-state index contributed by atoms with van der Waals surface area (Å²) >= 11 is 0. The lowest BCUT2D eigenvalue weighted by atomic mass is 10.1. The molecule has 116 valence electrons. The summed E-state index contributed by atoms with van der Waals surface area (Å²) in [7, 11) is 1.38. The van der Waals surface area contributed by atoms with Crippen LogP contribution in [0.4, 0.5) is 0 Å². The zero-order valence-electron chi connectivity index (χ0n) is 13.2. The van der Waals surface area contributed by atoms with Crippen LogP contribution in [0.2, 0.25) is 0 Å². The molecule has 0 aliphatic carbocycles. The number of hydrogen-bond donors (Lipinski definition) is 0. The smallest absolute Gasteiger partial charge is 0.337 e. The molecular weight excluding hydrogens is 288 g/mol. The van der Waals surface area contributed by atoms with E-state index in [0.717, 1.165) is 22.1 Å². The van der Waals surface area contributed by atoms with Crippen molar-refractivity contribution in [2.24, 2.45) is 0 Å². The fourth-order valence-electron chi connectivity index (χ4n) is 2.41. The van der Waals surface area contributed by atoms with E-state index in [1.807, 2.05) is 30.3 Å². The zero-order valence-corrected chi connectivity index (χ0v) is 13.2. The molecule has 3 nitrogen and oxygen atoms in total. The highest BCUT2D eigenvalue weighted by atomic mass is 16.5. The van der Waals surface area contributed by atoms with Crippen molar-refractivity contribution >= 4 is 16.7 Å². The van der Waals surface area contributed by atoms with Crippen molar-refractivity contribution in [3.8, 4) is 5.75 Å². The summed E-state index contributed by atoms with van der Waals surface area (Å²) in [5, 5.41) is 2.01. The van der Waals surface area contributed by atoms with Crippen LogP contribution < -0.4 is 4.74 Å². The van der Waals surface area contributed by atoms with Crippen molar-refractivity contribution in [2.45, 2.75) is 13.5 Å². The number of aryl methyl sites for hydroxylation is 1. The molecule has 0 N–H and O–H groups in total. The first-order valence-electron chi connectivity index (χ1n) is 7.46. The monoisotopic (exact) mass is 306 g/mol. The van der Waals surface area contributed by atoms with Gasteiger partial charge in [0.15, 0.2) is 0 Å². The average molecular weight is 306 g/mol. The predicted molar refractivity (Wildman–Crippen MR) is 90.8 cm³/mol. The molecule has 3 aromatic rings.